The summed E-state index contributed by atoms with van der Waals surface area (Å²) in [5.41, 5.74) is 8.25. The first-order chi connectivity index (χ1) is 14.3. The van der Waals surface area contributed by atoms with Crippen LogP contribution in [0.3, 0.4) is 0 Å². The Morgan fingerprint density at radius 3 is 2.50 bits per heavy atom. The van der Waals surface area contributed by atoms with E-state index in [9.17, 15) is 8.42 Å². The van der Waals surface area contributed by atoms with Crippen LogP contribution in [0, 0.1) is 0 Å². The van der Waals surface area contributed by atoms with Gasteiger partial charge in [0.05, 0.1) is 10.6 Å². The molecule has 0 aliphatic heterocycles. The number of aromatic nitrogens is 3. The molecule has 3 aromatic rings. The van der Waals surface area contributed by atoms with Crippen molar-refractivity contribution in [3.63, 3.8) is 0 Å². The number of imidazole rings is 1. The first-order valence-electron chi connectivity index (χ1n) is 9.99. The third-order valence-corrected chi connectivity index (χ3v) is 7.22. The predicted octanol–water partition coefficient (Wildman–Crippen LogP) is 2.41. The summed E-state index contributed by atoms with van der Waals surface area (Å²) in [4.78, 5) is 4.63. The number of rotatable bonds is 6. The number of nitrogens with two attached hydrogens (primary N) is 1. The van der Waals surface area contributed by atoms with E-state index in [1.54, 1.807) is 41.2 Å². The van der Waals surface area contributed by atoms with Crippen LogP contribution in [0.5, 0.6) is 0 Å². The lowest BCUT2D eigenvalue weighted by Gasteiger charge is -2.27. The topological polar surface area (TPSA) is 118 Å². The van der Waals surface area contributed by atoms with Gasteiger partial charge in [0.25, 0.3) is 0 Å². The van der Waals surface area contributed by atoms with Gasteiger partial charge >= 0.3 is 0 Å². The van der Waals surface area contributed by atoms with Crippen molar-refractivity contribution in [3.05, 3.63) is 42.7 Å². The zero-order valence-electron chi connectivity index (χ0n) is 17.1. The van der Waals surface area contributed by atoms with Crippen molar-refractivity contribution in [1.82, 2.24) is 18.9 Å². The summed E-state index contributed by atoms with van der Waals surface area (Å²) in [6.07, 6.45) is 7.57. The van der Waals surface area contributed by atoms with Crippen LogP contribution in [0.25, 0.3) is 5.65 Å². The van der Waals surface area contributed by atoms with Gasteiger partial charge in [0, 0.05) is 50.3 Å². The van der Waals surface area contributed by atoms with E-state index in [1.807, 2.05) is 6.07 Å². The van der Waals surface area contributed by atoms with Gasteiger partial charge in [-0.25, -0.2) is 22.2 Å². The maximum absolute atomic E-state index is 12.3. The Balaban J connectivity index is 1.57. The van der Waals surface area contributed by atoms with Gasteiger partial charge in [0.15, 0.2) is 5.65 Å². The number of sulfonamides is 1. The molecule has 4 N–H and O–H groups in total. The lowest BCUT2D eigenvalue weighted by atomic mass is 9.92. The Labute approximate surface area is 176 Å². The molecule has 4 rings (SSSR count). The van der Waals surface area contributed by atoms with Crippen molar-refractivity contribution in [2.75, 3.05) is 24.7 Å². The van der Waals surface area contributed by atoms with E-state index in [-0.39, 0.29) is 4.90 Å². The second-order valence-corrected chi connectivity index (χ2v) is 9.98. The van der Waals surface area contributed by atoms with E-state index in [0.29, 0.717) is 17.7 Å². The van der Waals surface area contributed by atoms with Gasteiger partial charge in [0.2, 0.25) is 10.0 Å². The fourth-order valence-electron chi connectivity index (χ4n) is 3.63. The van der Waals surface area contributed by atoms with Gasteiger partial charge in [-0.15, -0.1) is 5.10 Å². The van der Waals surface area contributed by atoms with Crippen molar-refractivity contribution < 1.29 is 8.42 Å². The first kappa shape index (κ1) is 20.6. The molecule has 0 spiro atoms. The molecule has 10 heteroatoms. The summed E-state index contributed by atoms with van der Waals surface area (Å²) >= 11 is 0. The highest BCUT2D eigenvalue weighted by Gasteiger charge is 2.20. The maximum atomic E-state index is 12.3. The number of fused-ring (bicyclic) bond motifs is 1. The molecule has 1 aliphatic rings. The number of anilines is 3. The van der Waals surface area contributed by atoms with Crippen LogP contribution in [-0.4, -0.2) is 53.5 Å². The van der Waals surface area contributed by atoms with Crippen LogP contribution in [0.15, 0.2) is 47.6 Å². The fraction of sp³-hybridized carbons (Fsp3) is 0.400. The fourth-order valence-corrected chi connectivity index (χ4v) is 4.53. The van der Waals surface area contributed by atoms with Gasteiger partial charge in [-0.3, -0.25) is 0 Å². The molecule has 30 heavy (non-hydrogen) atoms. The summed E-state index contributed by atoms with van der Waals surface area (Å²) in [5, 5.41) is 11.4. The molecule has 0 unspecified atom stereocenters. The zero-order valence-corrected chi connectivity index (χ0v) is 17.9. The standard InChI is InChI=1S/C20H27N7O2S/c1-26(2)30(28,29)17-9-7-15(8-10-17)23-18-13-19(25-27-12-11-22-20(18)27)24-16-5-3-14(21)4-6-16/h7-14,16,23H,3-6,21H2,1-2H3,(H,24,25)/t14-,16+. The Morgan fingerprint density at radius 1 is 1.13 bits per heavy atom. The molecule has 1 saturated carbocycles. The predicted molar refractivity (Wildman–Crippen MR) is 117 cm³/mol. The maximum Gasteiger partial charge on any atom is 0.242 e. The average Bonchev–Trinajstić information content (AvgIpc) is 3.19. The highest BCUT2D eigenvalue weighted by molar-refractivity contribution is 7.89. The molecule has 2 aromatic heterocycles. The highest BCUT2D eigenvalue weighted by Crippen LogP contribution is 2.26. The van der Waals surface area contributed by atoms with E-state index >= 15 is 0 Å². The van der Waals surface area contributed by atoms with Crippen molar-refractivity contribution in [2.24, 2.45) is 5.73 Å². The molecule has 0 amide bonds. The Kier molecular flexibility index (Phi) is 5.63. The van der Waals surface area contributed by atoms with Crippen LogP contribution in [-0.2, 0) is 10.0 Å². The van der Waals surface area contributed by atoms with Gasteiger partial charge in [-0.2, -0.15) is 0 Å². The number of hydrogen-bond donors (Lipinski definition) is 3. The number of benzene rings is 1. The number of nitrogens with one attached hydrogen (secondary N) is 2. The van der Waals surface area contributed by atoms with Crippen LogP contribution in [0.2, 0.25) is 0 Å². The lowest BCUT2D eigenvalue weighted by molar-refractivity contribution is 0.410. The highest BCUT2D eigenvalue weighted by atomic mass is 32.2. The molecule has 9 nitrogen and oxygen atoms in total. The van der Waals surface area contributed by atoms with Crippen molar-refractivity contribution >= 4 is 32.9 Å². The van der Waals surface area contributed by atoms with Crippen LogP contribution in [0.1, 0.15) is 25.7 Å². The molecule has 0 atom stereocenters. The van der Waals surface area contributed by atoms with Gasteiger partial charge in [0.1, 0.15) is 5.82 Å². The molecular weight excluding hydrogens is 402 g/mol. The summed E-state index contributed by atoms with van der Waals surface area (Å²) in [5.74, 6) is 0.760. The number of hydrogen-bond acceptors (Lipinski definition) is 7. The Morgan fingerprint density at radius 2 is 1.83 bits per heavy atom. The lowest BCUT2D eigenvalue weighted by Crippen LogP contribution is -2.33. The van der Waals surface area contributed by atoms with Gasteiger partial charge in [-0.05, 0) is 49.9 Å². The molecule has 160 valence electrons. The molecule has 0 radical (unpaired) electrons. The average molecular weight is 430 g/mol. The minimum atomic E-state index is -3.46. The summed E-state index contributed by atoms with van der Waals surface area (Å²) in [6.45, 7) is 0. The molecule has 1 aromatic carbocycles. The van der Waals surface area contributed by atoms with E-state index in [1.165, 1.54) is 18.4 Å². The quantitative estimate of drug-likeness (QED) is 0.551. The third-order valence-electron chi connectivity index (χ3n) is 5.39. The Hall–Kier alpha value is -2.69. The van der Waals surface area contributed by atoms with E-state index in [4.69, 9.17) is 5.73 Å². The zero-order chi connectivity index (χ0) is 21.3. The normalized spacial score (nSPS) is 19.9. The van der Waals surface area contributed by atoms with Crippen molar-refractivity contribution in [2.45, 2.75) is 42.7 Å². The van der Waals surface area contributed by atoms with Crippen LogP contribution >= 0.6 is 0 Å². The largest absolute Gasteiger partial charge is 0.366 e. The minimum Gasteiger partial charge on any atom is -0.366 e. The van der Waals surface area contributed by atoms with Crippen LogP contribution < -0.4 is 16.4 Å². The van der Waals surface area contributed by atoms with Crippen LogP contribution in [0.4, 0.5) is 17.2 Å². The smallest absolute Gasteiger partial charge is 0.242 e. The van der Waals surface area contributed by atoms with E-state index in [0.717, 1.165) is 42.9 Å². The molecule has 0 saturated heterocycles. The summed E-state index contributed by atoms with van der Waals surface area (Å²) in [7, 11) is -0.427. The van der Waals surface area contributed by atoms with Gasteiger partial charge in [-0.1, -0.05) is 0 Å². The van der Waals surface area contributed by atoms with Crippen molar-refractivity contribution in [1.29, 1.82) is 0 Å². The Bertz CT molecular complexity index is 1120. The van der Waals surface area contributed by atoms with Gasteiger partial charge < -0.3 is 16.4 Å². The second-order valence-electron chi connectivity index (χ2n) is 7.83. The molecule has 1 fully saturated rings. The molecular formula is C20H27N7O2S. The molecule has 1 aliphatic carbocycles. The second kappa shape index (κ2) is 8.21. The number of nitrogens with zero attached hydrogens (tertiary/aromatic N) is 4. The van der Waals surface area contributed by atoms with Crippen molar-refractivity contribution in [3.8, 4) is 0 Å². The molecule has 2 heterocycles. The SMILES string of the molecule is CN(C)S(=O)(=O)c1ccc(Nc2cc(N[C@H]3CC[C@@H](N)CC3)nn3ccnc23)cc1. The monoisotopic (exact) mass is 429 g/mol. The third kappa shape index (κ3) is 4.25. The first-order valence-corrected chi connectivity index (χ1v) is 11.4. The minimum absolute atomic E-state index is 0.247. The van der Waals surface area contributed by atoms with E-state index in [2.05, 4.69) is 20.7 Å². The van der Waals surface area contributed by atoms with E-state index < -0.39 is 10.0 Å². The summed E-state index contributed by atoms with van der Waals surface area (Å²) in [6, 6.07) is 9.24. The molecule has 0 bridgehead atoms. The summed E-state index contributed by atoms with van der Waals surface area (Å²) < 4.78 is 27.5.